The summed E-state index contributed by atoms with van der Waals surface area (Å²) in [5, 5.41) is 0. The highest BCUT2D eigenvalue weighted by atomic mass is 35.5. The summed E-state index contributed by atoms with van der Waals surface area (Å²) in [5.74, 6) is 0. The van der Waals surface area contributed by atoms with Gasteiger partial charge in [0.15, 0.2) is 0 Å². The normalized spacial score (nSPS) is 12.0. The molecule has 0 aromatic rings. The molecule has 0 rings (SSSR count). The summed E-state index contributed by atoms with van der Waals surface area (Å²) < 4.78 is 3.71. The molecule has 0 aromatic heterocycles. The Kier molecular flexibility index (Phi) is 5.85. The summed E-state index contributed by atoms with van der Waals surface area (Å²) >= 11 is 0. The van der Waals surface area contributed by atoms with Crippen LogP contribution in [0, 0.1) is 0 Å². The number of halogens is 1. The smallest absolute Gasteiger partial charge is 0.296 e. The predicted molar refractivity (Wildman–Crippen MR) is 42.7 cm³/mol. The van der Waals surface area contributed by atoms with Gasteiger partial charge in [0.25, 0.3) is 7.87 Å². The number of hydrogen-bond donors (Lipinski definition) is 2. The van der Waals surface area contributed by atoms with E-state index in [1.54, 1.807) is 0 Å². The van der Waals surface area contributed by atoms with Crippen LogP contribution in [0.15, 0.2) is 0 Å². The first-order valence-electron chi connectivity index (χ1n) is 2.71. The zero-order chi connectivity index (χ0) is 7.65. The molecule has 0 aliphatic heterocycles. The van der Waals surface area contributed by atoms with Crippen molar-refractivity contribution in [3.63, 3.8) is 0 Å². The van der Waals surface area contributed by atoms with Crippen LogP contribution in [0.2, 0.25) is 0 Å². The molecule has 0 aliphatic carbocycles. The Morgan fingerprint density at radius 2 is 1.10 bits per heavy atom. The number of rotatable bonds is 2. The summed E-state index contributed by atoms with van der Waals surface area (Å²) in [4.78, 5) is 0. The molecule has 64 valence electrons. The van der Waals surface area contributed by atoms with Gasteiger partial charge in [0.05, 0.1) is 0 Å². The lowest BCUT2D eigenvalue weighted by atomic mass is 11.3. The van der Waals surface area contributed by atoms with Gasteiger partial charge in [-0.25, -0.2) is 0 Å². The number of nitrogens with two attached hydrogens (primary N) is 2. The van der Waals surface area contributed by atoms with Crippen LogP contribution in [0.3, 0.4) is 0 Å². The van der Waals surface area contributed by atoms with E-state index in [1.807, 2.05) is 37.5 Å². The van der Waals surface area contributed by atoms with Crippen LogP contribution in [0.5, 0.6) is 0 Å². The topological polar surface area (TPSA) is 58.5 Å². The van der Waals surface area contributed by atoms with Crippen LogP contribution < -0.4 is 23.4 Å². The average Bonchev–Trinajstić information content (AvgIpc) is 1.65. The maximum absolute atomic E-state index is 5.74. The third kappa shape index (κ3) is 3.10. The molecule has 0 fully saturated rings. The molecular formula is C4H16ClN4P. The molecule has 4 nitrogen and oxygen atoms in total. The van der Waals surface area contributed by atoms with E-state index in [9.17, 15) is 0 Å². The minimum Gasteiger partial charge on any atom is -1.00 e. The van der Waals surface area contributed by atoms with E-state index in [0.29, 0.717) is 0 Å². The second-order valence-corrected chi connectivity index (χ2v) is 5.40. The molecule has 0 amide bonds. The minimum absolute atomic E-state index is 0. The third-order valence-electron chi connectivity index (χ3n) is 1.28. The Labute approximate surface area is 69.5 Å². The first-order chi connectivity index (χ1) is 3.89. The molecule has 0 atom stereocenters. The van der Waals surface area contributed by atoms with Crippen molar-refractivity contribution in [1.82, 2.24) is 9.34 Å². The maximum Gasteiger partial charge on any atom is 0.296 e. The molecule has 0 aliphatic rings. The summed E-state index contributed by atoms with van der Waals surface area (Å²) in [6.07, 6.45) is 0. The van der Waals surface area contributed by atoms with Crippen LogP contribution in [-0.4, -0.2) is 37.5 Å². The molecule has 4 N–H and O–H groups in total. The highest BCUT2D eigenvalue weighted by Gasteiger charge is 2.34. The van der Waals surface area contributed by atoms with Crippen molar-refractivity contribution in [2.75, 3.05) is 28.2 Å². The lowest BCUT2D eigenvalue weighted by Crippen LogP contribution is -3.00. The van der Waals surface area contributed by atoms with Gasteiger partial charge in [-0.05, 0) is 0 Å². The molecule has 0 radical (unpaired) electrons. The van der Waals surface area contributed by atoms with Gasteiger partial charge >= 0.3 is 0 Å². The molecule has 0 heterocycles. The molecule has 0 spiro atoms. The first kappa shape index (κ1) is 13.2. The molecule has 0 aromatic carbocycles. The van der Waals surface area contributed by atoms with Crippen molar-refractivity contribution in [3.05, 3.63) is 0 Å². The Hall–Kier alpha value is 0.560. The lowest BCUT2D eigenvalue weighted by Gasteiger charge is -2.26. The van der Waals surface area contributed by atoms with Gasteiger partial charge in [-0.3, -0.25) is 0 Å². The van der Waals surface area contributed by atoms with Crippen molar-refractivity contribution in [1.29, 1.82) is 0 Å². The van der Waals surface area contributed by atoms with Crippen LogP contribution in [-0.2, 0) is 0 Å². The highest BCUT2D eigenvalue weighted by molar-refractivity contribution is 7.66. The first-order valence-corrected chi connectivity index (χ1v) is 4.54. The fourth-order valence-corrected chi connectivity index (χ4v) is 1.07. The molecule has 6 heteroatoms. The van der Waals surface area contributed by atoms with Gasteiger partial charge < -0.3 is 12.4 Å². The summed E-state index contributed by atoms with van der Waals surface area (Å²) in [7, 11) is 5.61. The SMILES string of the molecule is CN(C)[P+](N)(N)N(C)C.[Cl-]. The van der Waals surface area contributed by atoms with Crippen molar-refractivity contribution in [2.24, 2.45) is 11.0 Å². The Morgan fingerprint density at radius 1 is 0.900 bits per heavy atom. The Balaban J connectivity index is 0. The van der Waals surface area contributed by atoms with E-state index >= 15 is 0 Å². The van der Waals surface area contributed by atoms with E-state index in [1.165, 1.54) is 0 Å². The second-order valence-electron chi connectivity index (χ2n) is 2.39. The zero-order valence-corrected chi connectivity index (χ0v) is 8.52. The van der Waals surface area contributed by atoms with Crippen LogP contribution >= 0.6 is 7.87 Å². The Morgan fingerprint density at radius 3 is 1.10 bits per heavy atom. The quantitative estimate of drug-likeness (QED) is 0.444. The van der Waals surface area contributed by atoms with Crippen LogP contribution in [0.4, 0.5) is 0 Å². The second kappa shape index (κ2) is 4.44. The fourth-order valence-electron chi connectivity index (χ4n) is 0.358. The standard InChI is InChI=1S/C4H16N4P.ClH/c1-7(2)9(5,6)8(3)4;/h5-6H2,1-4H3;1H/q+1;/p-1. The summed E-state index contributed by atoms with van der Waals surface area (Å²) in [6.45, 7) is 0. The largest absolute Gasteiger partial charge is 1.00 e. The number of hydrogen-bond acceptors (Lipinski definition) is 4. The van der Waals surface area contributed by atoms with E-state index < -0.39 is 7.87 Å². The van der Waals surface area contributed by atoms with Crippen molar-refractivity contribution >= 4 is 7.87 Å². The predicted octanol–water partition coefficient (Wildman–Crippen LogP) is -3.29. The Bertz CT molecular complexity index is 85.3. The summed E-state index contributed by atoms with van der Waals surface area (Å²) in [6, 6.07) is 0. The third-order valence-corrected chi connectivity index (χ3v) is 3.84. The lowest BCUT2D eigenvalue weighted by molar-refractivity contribution is -0.00000250. The van der Waals surface area contributed by atoms with E-state index in [-0.39, 0.29) is 12.4 Å². The van der Waals surface area contributed by atoms with Gasteiger partial charge in [-0.15, -0.1) is 9.34 Å². The monoisotopic (exact) mass is 186 g/mol. The van der Waals surface area contributed by atoms with Gasteiger partial charge in [0, 0.05) is 28.2 Å². The van der Waals surface area contributed by atoms with Gasteiger partial charge in [0.2, 0.25) is 0 Å². The highest BCUT2D eigenvalue weighted by Crippen LogP contribution is 2.44. The zero-order valence-electron chi connectivity index (χ0n) is 6.87. The number of nitrogens with zero attached hydrogens (tertiary/aromatic N) is 2. The van der Waals surface area contributed by atoms with E-state index in [4.69, 9.17) is 11.0 Å². The average molecular weight is 187 g/mol. The molecule has 0 unspecified atom stereocenters. The summed E-state index contributed by atoms with van der Waals surface area (Å²) in [5.41, 5.74) is 11.5. The molecule has 0 saturated heterocycles. The van der Waals surface area contributed by atoms with Crippen LogP contribution in [0.1, 0.15) is 0 Å². The minimum atomic E-state index is -1.92. The van der Waals surface area contributed by atoms with Gasteiger partial charge in [-0.1, -0.05) is 0 Å². The molecule has 10 heavy (non-hydrogen) atoms. The van der Waals surface area contributed by atoms with Crippen molar-refractivity contribution < 1.29 is 12.4 Å². The van der Waals surface area contributed by atoms with Crippen LogP contribution in [0.25, 0.3) is 0 Å². The molecular weight excluding hydrogens is 170 g/mol. The van der Waals surface area contributed by atoms with Gasteiger partial charge in [0.1, 0.15) is 0 Å². The van der Waals surface area contributed by atoms with Crippen molar-refractivity contribution in [3.8, 4) is 0 Å². The van der Waals surface area contributed by atoms with E-state index in [2.05, 4.69) is 0 Å². The van der Waals surface area contributed by atoms with Gasteiger partial charge in [-0.2, -0.15) is 11.0 Å². The van der Waals surface area contributed by atoms with Crippen molar-refractivity contribution in [2.45, 2.75) is 0 Å². The molecule has 0 saturated carbocycles. The van der Waals surface area contributed by atoms with E-state index in [0.717, 1.165) is 0 Å². The fraction of sp³-hybridized carbons (Fsp3) is 1.00. The maximum atomic E-state index is 5.74. The molecule has 0 bridgehead atoms.